The molecule has 0 spiro atoms. The number of para-hydroxylation sites is 2. The minimum absolute atomic E-state index is 0.0104. The van der Waals surface area contributed by atoms with Crippen molar-refractivity contribution >= 4 is 57.4 Å². The van der Waals surface area contributed by atoms with E-state index in [9.17, 15) is 4.79 Å². The molecule has 2 heterocycles. The zero-order valence-corrected chi connectivity index (χ0v) is 21.3. The molecular weight excluding hydrogens is 503 g/mol. The Morgan fingerprint density at radius 1 is 0.914 bits per heavy atom. The molecule has 3 aromatic carbocycles. The summed E-state index contributed by atoms with van der Waals surface area (Å²) in [6.45, 7) is 3.11. The number of carbonyl (C=O) groups is 1. The summed E-state index contributed by atoms with van der Waals surface area (Å²) in [6.07, 6.45) is 1.56. The lowest BCUT2D eigenvalue weighted by Crippen LogP contribution is -2.38. The third-order valence-corrected chi connectivity index (χ3v) is 7.31. The minimum atomic E-state index is -0.0609. The monoisotopic (exact) mass is 526 g/mol. The Kier molecular flexibility index (Phi) is 7.30. The molecule has 4 aromatic rings. The number of imidazole rings is 1. The number of rotatable bonds is 6. The number of carbonyl (C=O) groups excluding carboxylic acids is 1. The summed E-state index contributed by atoms with van der Waals surface area (Å²) in [5.74, 6) is 0.952. The molecule has 8 heteroatoms. The molecule has 1 saturated heterocycles. The Labute approximate surface area is 219 Å². The van der Waals surface area contributed by atoms with Gasteiger partial charge in [0.15, 0.2) is 0 Å². The van der Waals surface area contributed by atoms with Gasteiger partial charge in [-0.05, 0) is 74.0 Å². The van der Waals surface area contributed by atoms with E-state index in [1.165, 1.54) is 5.56 Å². The summed E-state index contributed by atoms with van der Waals surface area (Å²) in [5, 5.41) is 4.70. The number of amides is 1. The first-order valence-corrected chi connectivity index (χ1v) is 12.8. The lowest BCUT2D eigenvalue weighted by Gasteiger charge is -2.31. The molecule has 1 amide bonds. The molecule has 0 bridgehead atoms. The number of hydrogen-bond donors (Lipinski definition) is 1. The van der Waals surface area contributed by atoms with Crippen LogP contribution in [-0.4, -0.2) is 33.4 Å². The molecule has 5 rings (SSSR count). The molecule has 0 atom stereocenters. The molecule has 0 unspecified atom stereocenters. The molecule has 1 N–H and O–H groups in total. The van der Waals surface area contributed by atoms with Gasteiger partial charge >= 0.3 is 0 Å². The van der Waals surface area contributed by atoms with E-state index in [-0.39, 0.29) is 11.8 Å². The van der Waals surface area contributed by atoms with Gasteiger partial charge in [-0.3, -0.25) is 9.69 Å². The zero-order chi connectivity index (χ0) is 24.4. The quantitative estimate of drug-likeness (QED) is 0.297. The normalized spacial score (nSPS) is 14.9. The van der Waals surface area contributed by atoms with Crippen molar-refractivity contribution in [2.24, 2.45) is 5.92 Å². The van der Waals surface area contributed by atoms with Crippen LogP contribution < -0.4 is 5.32 Å². The summed E-state index contributed by atoms with van der Waals surface area (Å²) < 4.78 is 2.28. The summed E-state index contributed by atoms with van der Waals surface area (Å²) in [6, 6.07) is 21.2. The fraction of sp³-hybridized carbons (Fsp3) is 0.259. The average Bonchev–Trinajstić information content (AvgIpc) is 3.20. The van der Waals surface area contributed by atoms with Gasteiger partial charge in [-0.15, -0.1) is 0 Å². The van der Waals surface area contributed by atoms with Gasteiger partial charge in [0.25, 0.3) is 0 Å². The van der Waals surface area contributed by atoms with Crippen molar-refractivity contribution in [3.63, 3.8) is 0 Å². The van der Waals surface area contributed by atoms with Gasteiger partial charge in [-0.25, -0.2) is 4.98 Å². The first kappa shape index (κ1) is 24.1. The van der Waals surface area contributed by atoms with E-state index in [4.69, 9.17) is 39.8 Å². The maximum absolute atomic E-state index is 12.8. The summed E-state index contributed by atoms with van der Waals surface area (Å²) >= 11 is 18.3. The standard InChI is InChI=1S/C27H25Cl3N4O/c28-20-7-5-18(6-8-20)16-34-25-4-2-1-3-23(25)31-26(34)17-33-13-11-19(12-14-33)27(35)32-24-15-21(29)9-10-22(24)30/h1-10,15,19H,11-14,16-17H2,(H,32,35). The number of nitrogens with zero attached hydrogens (tertiary/aromatic N) is 3. The molecule has 1 aliphatic heterocycles. The van der Waals surface area contributed by atoms with E-state index >= 15 is 0 Å². The van der Waals surface area contributed by atoms with Crippen LogP contribution in [0, 0.1) is 5.92 Å². The molecule has 1 fully saturated rings. The first-order chi connectivity index (χ1) is 17.0. The number of aromatic nitrogens is 2. The number of halogens is 3. The van der Waals surface area contributed by atoms with Crippen LogP contribution in [0.1, 0.15) is 24.2 Å². The van der Waals surface area contributed by atoms with Crippen molar-refractivity contribution < 1.29 is 4.79 Å². The van der Waals surface area contributed by atoms with E-state index in [0.717, 1.165) is 60.9 Å². The smallest absolute Gasteiger partial charge is 0.227 e. The number of piperidine rings is 1. The van der Waals surface area contributed by atoms with Crippen LogP contribution in [-0.2, 0) is 17.9 Å². The van der Waals surface area contributed by atoms with Gasteiger partial charge in [0.1, 0.15) is 5.82 Å². The van der Waals surface area contributed by atoms with Crippen LogP contribution in [0.2, 0.25) is 15.1 Å². The third kappa shape index (κ3) is 5.65. The Bertz CT molecular complexity index is 1340. The highest BCUT2D eigenvalue weighted by Gasteiger charge is 2.26. The van der Waals surface area contributed by atoms with E-state index in [2.05, 4.69) is 39.0 Å². The Hall–Kier alpha value is -2.57. The van der Waals surface area contributed by atoms with Crippen LogP contribution in [0.5, 0.6) is 0 Å². The zero-order valence-electron chi connectivity index (χ0n) is 19.1. The van der Waals surface area contributed by atoms with E-state index < -0.39 is 0 Å². The maximum Gasteiger partial charge on any atom is 0.227 e. The highest BCUT2D eigenvalue weighted by molar-refractivity contribution is 6.35. The number of fused-ring (bicyclic) bond motifs is 1. The number of nitrogens with one attached hydrogen (secondary N) is 1. The average molecular weight is 528 g/mol. The van der Waals surface area contributed by atoms with E-state index in [1.807, 2.05) is 24.3 Å². The molecule has 1 aromatic heterocycles. The second-order valence-electron chi connectivity index (χ2n) is 8.89. The van der Waals surface area contributed by atoms with Crippen molar-refractivity contribution in [1.82, 2.24) is 14.5 Å². The molecule has 5 nitrogen and oxygen atoms in total. The highest BCUT2D eigenvalue weighted by atomic mass is 35.5. The first-order valence-electron chi connectivity index (χ1n) is 11.6. The number of anilines is 1. The molecule has 0 aliphatic carbocycles. The molecule has 0 saturated carbocycles. The molecule has 0 radical (unpaired) electrons. The third-order valence-electron chi connectivity index (χ3n) is 6.50. The van der Waals surface area contributed by atoms with Gasteiger partial charge in [0.05, 0.1) is 28.3 Å². The van der Waals surface area contributed by atoms with Crippen molar-refractivity contribution in [2.45, 2.75) is 25.9 Å². The van der Waals surface area contributed by atoms with E-state index in [1.54, 1.807) is 18.2 Å². The van der Waals surface area contributed by atoms with Crippen LogP contribution in [0.25, 0.3) is 11.0 Å². The Morgan fingerprint density at radius 3 is 2.40 bits per heavy atom. The minimum Gasteiger partial charge on any atom is -0.324 e. The van der Waals surface area contributed by atoms with Crippen molar-refractivity contribution in [1.29, 1.82) is 0 Å². The van der Waals surface area contributed by atoms with Crippen LogP contribution in [0.4, 0.5) is 5.69 Å². The molecular formula is C27H25Cl3N4O. The lowest BCUT2D eigenvalue weighted by atomic mass is 9.96. The van der Waals surface area contributed by atoms with Gasteiger partial charge in [0.2, 0.25) is 5.91 Å². The number of benzene rings is 3. The predicted octanol–water partition coefficient (Wildman–Crippen LogP) is 6.90. The highest BCUT2D eigenvalue weighted by Crippen LogP contribution is 2.28. The molecule has 35 heavy (non-hydrogen) atoms. The lowest BCUT2D eigenvalue weighted by molar-refractivity contribution is -0.121. The van der Waals surface area contributed by atoms with Crippen molar-refractivity contribution in [3.8, 4) is 0 Å². The number of hydrogen-bond acceptors (Lipinski definition) is 3. The van der Waals surface area contributed by atoms with Gasteiger partial charge in [-0.2, -0.15) is 0 Å². The van der Waals surface area contributed by atoms with E-state index in [0.29, 0.717) is 15.7 Å². The SMILES string of the molecule is O=C(Nc1cc(Cl)ccc1Cl)C1CCN(Cc2nc3ccccc3n2Cc2ccc(Cl)cc2)CC1. The molecule has 180 valence electrons. The van der Waals surface area contributed by atoms with Crippen LogP contribution in [0.15, 0.2) is 66.7 Å². The largest absolute Gasteiger partial charge is 0.324 e. The Morgan fingerprint density at radius 2 is 1.63 bits per heavy atom. The predicted molar refractivity (Wildman–Crippen MR) is 143 cm³/mol. The summed E-state index contributed by atoms with van der Waals surface area (Å²) in [7, 11) is 0. The second kappa shape index (κ2) is 10.6. The molecule has 1 aliphatic rings. The fourth-order valence-corrected chi connectivity index (χ4v) is 5.04. The Balaban J connectivity index is 1.26. The van der Waals surface area contributed by atoms with Crippen molar-refractivity contribution in [2.75, 3.05) is 18.4 Å². The number of likely N-dealkylation sites (tertiary alicyclic amines) is 1. The van der Waals surface area contributed by atoms with Gasteiger partial charge < -0.3 is 9.88 Å². The maximum atomic E-state index is 12.8. The fourth-order valence-electron chi connectivity index (χ4n) is 4.58. The topological polar surface area (TPSA) is 50.2 Å². The second-order valence-corrected chi connectivity index (χ2v) is 10.2. The van der Waals surface area contributed by atoms with Crippen LogP contribution in [0.3, 0.4) is 0 Å². The van der Waals surface area contributed by atoms with Crippen LogP contribution >= 0.6 is 34.8 Å². The van der Waals surface area contributed by atoms with Gasteiger partial charge in [0, 0.05) is 22.5 Å². The summed E-state index contributed by atoms with van der Waals surface area (Å²) in [5.41, 5.74) is 3.84. The van der Waals surface area contributed by atoms with Crippen molar-refractivity contribution in [3.05, 3.63) is 93.2 Å². The van der Waals surface area contributed by atoms with Gasteiger partial charge in [-0.1, -0.05) is 59.1 Å². The summed E-state index contributed by atoms with van der Waals surface area (Å²) in [4.78, 5) is 20.1.